The number of aryl methyl sites for hydroxylation is 2. The molecule has 0 unspecified atom stereocenters. The van der Waals surface area contributed by atoms with Gasteiger partial charge in [-0.15, -0.1) is 16.8 Å². The van der Waals surface area contributed by atoms with E-state index < -0.39 is 0 Å². The molecule has 0 fully saturated rings. The number of anilines is 1. The minimum Gasteiger partial charge on any atom is -0.311 e. The summed E-state index contributed by atoms with van der Waals surface area (Å²) in [7, 11) is 0. The van der Waals surface area contributed by atoms with E-state index in [4.69, 9.17) is 0 Å². The maximum absolute atomic E-state index is 13.0. The number of hydrogen-bond acceptors (Lipinski definition) is 4. The van der Waals surface area contributed by atoms with E-state index in [1.54, 1.807) is 0 Å². The molecule has 0 spiro atoms. The Morgan fingerprint density at radius 3 is 2.90 bits per heavy atom. The topological polar surface area (TPSA) is 51.0 Å². The highest BCUT2D eigenvalue weighted by molar-refractivity contribution is 7.99. The Morgan fingerprint density at radius 1 is 1.21 bits per heavy atom. The fourth-order valence-corrected chi connectivity index (χ4v) is 4.51. The predicted molar refractivity (Wildman–Crippen MR) is 118 cm³/mol. The highest BCUT2D eigenvalue weighted by atomic mass is 32.2. The lowest BCUT2D eigenvalue weighted by molar-refractivity contribution is -0.116. The van der Waals surface area contributed by atoms with Crippen LogP contribution in [0.3, 0.4) is 0 Å². The van der Waals surface area contributed by atoms with E-state index in [1.165, 1.54) is 22.9 Å². The van der Waals surface area contributed by atoms with Gasteiger partial charge in [-0.25, -0.2) is 0 Å². The predicted octanol–water partition coefficient (Wildman–Crippen LogP) is 4.51. The molecule has 5 nitrogen and oxygen atoms in total. The van der Waals surface area contributed by atoms with Gasteiger partial charge in [0.05, 0.1) is 5.75 Å². The van der Waals surface area contributed by atoms with Gasteiger partial charge in [-0.05, 0) is 37.5 Å². The van der Waals surface area contributed by atoms with Crippen molar-refractivity contribution in [2.24, 2.45) is 0 Å². The number of benzene rings is 2. The zero-order chi connectivity index (χ0) is 20.2. The number of para-hydroxylation sites is 1. The number of amides is 1. The van der Waals surface area contributed by atoms with Crippen LogP contribution >= 0.6 is 11.8 Å². The summed E-state index contributed by atoms with van der Waals surface area (Å²) in [5, 5.41) is 9.49. The highest BCUT2D eigenvalue weighted by Crippen LogP contribution is 2.29. The van der Waals surface area contributed by atoms with Gasteiger partial charge in [0.1, 0.15) is 0 Å². The molecule has 2 heterocycles. The summed E-state index contributed by atoms with van der Waals surface area (Å²) in [6.07, 6.45) is 3.85. The van der Waals surface area contributed by atoms with Gasteiger partial charge in [0.2, 0.25) is 5.91 Å². The zero-order valence-electron chi connectivity index (χ0n) is 16.5. The maximum Gasteiger partial charge on any atom is 0.237 e. The van der Waals surface area contributed by atoms with Gasteiger partial charge in [-0.1, -0.05) is 59.8 Å². The lowest BCUT2D eigenvalue weighted by atomic mass is 10.0. The van der Waals surface area contributed by atoms with E-state index in [2.05, 4.69) is 41.9 Å². The van der Waals surface area contributed by atoms with Crippen LogP contribution in [-0.4, -0.2) is 33.0 Å². The Labute approximate surface area is 175 Å². The normalized spacial score (nSPS) is 13.2. The number of allylic oxidation sites excluding steroid dienone is 1. The van der Waals surface area contributed by atoms with E-state index >= 15 is 0 Å². The Hall–Kier alpha value is -2.86. The fourth-order valence-electron chi connectivity index (χ4n) is 3.68. The smallest absolute Gasteiger partial charge is 0.237 e. The number of thioether (sulfide) groups is 1. The summed E-state index contributed by atoms with van der Waals surface area (Å²) < 4.78 is 2.02. The number of fused-ring (bicyclic) bond motifs is 1. The van der Waals surface area contributed by atoms with E-state index in [1.807, 2.05) is 45.9 Å². The van der Waals surface area contributed by atoms with Crippen molar-refractivity contribution in [2.75, 3.05) is 17.2 Å². The van der Waals surface area contributed by atoms with Crippen LogP contribution in [0.15, 0.2) is 66.3 Å². The molecule has 1 amide bonds. The van der Waals surface area contributed by atoms with Gasteiger partial charge in [-0.2, -0.15) is 0 Å². The summed E-state index contributed by atoms with van der Waals surface area (Å²) in [6.45, 7) is 7.28. The van der Waals surface area contributed by atoms with Crippen molar-refractivity contribution in [3.63, 3.8) is 0 Å². The monoisotopic (exact) mass is 404 g/mol. The Morgan fingerprint density at radius 2 is 2.07 bits per heavy atom. The van der Waals surface area contributed by atoms with Gasteiger partial charge < -0.3 is 4.90 Å². The van der Waals surface area contributed by atoms with Crippen molar-refractivity contribution < 1.29 is 4.79 Å². The number of hydrogen-bond donors (Lipinski definition) is 0. The van der Waals surface area contributed by atoms with Crippen molar-refractivity contribution in [1.82, 2.24) is 14.8 Å². The molecule has 4 rings (SSSR count). The molecule has 1 aliphatic heterocycles. The molecule has 2 aromatic carbocycles. The minimum atomic E-state index is 0.104. The Kier molecular flexibility index (Phi) is 5.81. The minimum absolute atomic E-state index is 0.104. The van der Waals surface area contributed by atoms with E-state index in [0.29, 0.717) is 12.3 Å². The zero-order valence-corrected chi connectivity index (χ0v) is 17.4. The first-order valence-corrected chi connectivity index (χ1v) is 10.8. The molecule has 0 bridgehead atoms. The second kappa shape index (κ2) is 8.66. The van der Waals surface area contributed by atoms with Gasteiger partial charge in [0.15, 0.2) is 11.0 Å². The molecule has 148 valence electrons. The highest BCUT2D eigenvalue weighted by Gasteiger charge is 2.23. The molecule has 29 heavy (non-hydrogen) atoms. The standard InChI is InChI=1S/C23H24N4OS/c1-3-13-27-22(19-10-6-8-17(2)15-19)24-25-23(27)29-16-21(28)26-14-7-11-18-9-4-5-12-20(18)26/h3-6,8-10,12,15H,1,7,11,13-14,16H2,2H3. The molecular formula is C23H24N4OS. The Bertz CT molecular complexity index is 1040. The van der Waals surface area contributed by atoms with Crippen molar-refractivity contribution in [3.05, 3.63) is 72.3 Å². The summed E-state index contributed by atoms with van der Waals surface area (Å²) in [5.74, 6) is 1.23. The average molecular weight is 405 g/mol. The van der Waals surface area contributed by atoms with Crippen LogP contribution in [0.1, 0.15) is 17.5 Å². The first kappa shape index (κ1) is 19.5. The van der Waals surface area contributed by atoms with Crippen LogP contribution < -0.4 is 4.90 Å². The molecule has 6 heteroatoms. The van der Waals surface area contributed by atoms with Crippen LogP contribution in [0.4, 0.5) is 5.69 Å². The van der Waals surface area contributed by atoms with E-state index in [9.17, 15) is 4.79 Å². The van der Waals surface area contributed by atoms with Gasteiger partial charge in [0.25, 0.3) is 0 Å². The summed E-state index contributed by atoms with van der Waals surface area (Å²) >= 11 is 1.43. The van der Waals surface area contributed by atoms with E-state index in [0.717, 1.165) is 41.6 Å². The van der Waals surface area contributed by atoms with Crippen molar-refractivity contribution in [2.45, 2.75) is 31.5 Å². The number of carbonyl (C=O) groups excluding carboxylic acids is 1. The molecule has 0 aliphatic carbocycles. The maximum atomic E-state index is 13.0. The van der Waals surface area contributed by atoms with E-state index in [-0.39, 0.29) is 5.91 Å². The largest absolute Gasteiger partial charge is 0.311 e. The van der Waals surface area contributed by atoms with Crippen molar-refractivity contribution in [3.8, 4) is 11.4 Å². The fraction of sp³-hybridized carbons (Fsp3) is 0.261. The van der Waals surface area contributed by atoms with Crippen molar-refractivity contribution in [1.29, 1.82) is 0 Å². The second-order valence-electron chi connectivity index (χ2n) is 7.14. The third kappa shape index (κ3) is 4.12. The molecule has 1 aliphatic rings. The number of carbonyl (C=O) groups is 1. The van der Waals surface area contributed by atoms with Gasteiger partial charge in [-0.3, -0.25) is 9.36 Å². The summed E-state index contributed by atoms with van der Waals surface area (Å²) in [5.41, 5.74) is 4.47. The SMILES string of the molecule is C=CCn1c(SCC(=O)N2CCCc3ccccc32)nnc1-c1cccc(C)c1. The van der Waals surface area contributed by atoms with Crippen LogP contribution in [0.2, 0.25) is 0 Å². The summed E-state index contributed by atoms with van der Waals surface area (Å²) in [4.78, 5) is 14.9. The van der Waals surface area contributed by atoms with Crippen LogP contribution in [0, 0.1) is 6.92 Å². The number of nitrogens with zero attached hydrogens (tertiary/aromatic N) is 4. The molecule has 3 aromatic rings. The molecule has 1 aromatic heterocycles. The lowest BCUT2D eigenvalue weighted by Crippen LogP contribution is -2.36. The third-order valence-electron chi connectivity index (χ3n) is 5.04. The second-order valence-corrected chi connectivity index (χ2v) is 8.08. The molecule has 0 saturated carbocycles. The van der Waals surface area contributed by atoms with Gasteiger partial charge in [0, 0.05) is 24.3 Å². The van der Waals surface area contributed by atoms with Gasteiger partial charge >= 0.3 is 0 Å². The first-order valence-electron chi connectivity index (χ1n) is 9.79. The van der Waals surface area contributed by atoms with Crippen LogP contribution in [0.5, 0.6) is 0 Å². The number of aromatic nitrogens is 3. The average Bonchev–Trinajstić information content (AvgIpc) is 3.14. The van der Waals surface area contributed by atoms with Crippen LogP contribution in [-0.2, 0) is 17.8 Å². The van der Waals surface area contributed by atoms with Crippen molar-refractivity contribution >= 4 is 23.4 Å². The molecule has 0 atom stereocenters. The first-order chi connectivity index (χ1) is 14.2. The third-order valence-corrected chi connectivity index (χ3v) is 5.99. The molecular weight excluding hydrogens is 380 g/mol. The van der Waals surface area contributed by atoms with Crippen LogP contribution in [0.25, 0.3) is 11.4 Å². The quantitative estimate of drug-likeness (QED) is 0.448. The molecule has 0 radical (unpaired) electrons. The Balaban J connectivity index is 1.53. The lowest BCUT2D eigenvalue weighted by Gasteiger charge is -2.29. The summed E-state index contributed by atoms with van der Waals surface area (Å²) in [6, 6.07) is 16.4. The molecule has 0 N–H and O–H groups in total. The number of rotatable bonds is 6. The molecule has 0 saturated heterocycles.